The molecule has 2 aliphatic rings. The summed E-state index contributed by atoms with van der Waals surface area (Å²) in [6.07, 6.45) is -9.22. The standard InChI is InChI=1S/2C26H27F6N3O/c2*1-3-10-34-12-14-35(15-13-34)23(20-7-5-4-6-8-20)24(36)33(2)11-9-19-16-21(25(27,28)29)18-22(17-19)26(30,31)32/h2*1,4-8,16-18,23H,9-15H2,2H3. The van der Waals surface area contributed by atoms with Gasteiger partial charge in [0.05, 0.1) is 35.3 Å². The van der Waals surface area contributed by atoms with Gasteiger partial charge in [0.15, 0.2) is 0 Å². The highest BCUT2D eigenvalue weighted by Crippen LogP contribution is 2.38. The van der Waals surface area contributed by atoms with Crippen LogP contribution in [0.5, 0.6) is 0 Å². The molecule has 2 saturated heterocycles. The van der Waals surface area contributed by atoms with Gasteiger partial charge in [0.25, 0.3) is 0 Å². The first-order valence-electron chi connectivity index (χ1n) is 22.8. The summed E-state index contributed by atoms with van der Waals surface area (Å²) in [4.78, 5) is 38.0. The maximum absolute atomic E-state index is 13.5. The zero-order valence-corrected chi connectivity index (χ0v) is 39.5. The van der Waals surface area contributed by atoms with Crippen molar-refractivity contribution in [1.29, 1.82) is 0 Å². The zero-order chi connectivity index (χ0) is 53.0. The van der Waals surface area contributed by atoms with Crippen molar-refractivity contribution in [1.82, 2.24) is 29.4 Å². The van der Waals surface area contributed by atoms with Crippen LogP contribution in [0, 0.1) is 24.7 Å². The molecular formula is C52H54F12N6O2. The minimum Gasteiger partial charge on any atom is -0.344 e. The molecule has 2 atom stereocenters. The maximum Gasteiger partial charge on any atom is 0.416 e. The molecule has 2 fully saturated rings. The van der Waals surface area contributed by atoms with Gasteiger partial charge in [0.1, 0.15) is 12.1 Å². The minimum absolute atomic E-state index is 0.0438. The van der Waals surface area contributed by atoms with Crippen LogP contribution in [0.3, 0.4) is 0 Å². The number of carbonyl (C=O) groups is 2. The number of alkyl halides is 12. The van der Waals surface area contributed by atoms with E-state index in [0.717, 1.165) is 11.1 Å². The molecule has 20 heteroatoms. The summed E-state index contributed by atoms with van der Waals surface area (Å²) in [5.74, 6) is 4.64. The van der Waals surface area contributed by atoms with Crippen LogP contribution in [0.1, 0.15) is 56.6 Å². The largest absolute Gasteiger partial charge is 0.416 e. The third-order valence-electron chi connectivity index (χ3n) is 12.4. The number of piperazine rings is 2. The van der Waals surface area contributed by atoms with Gasteiger partial charge >= 0.3 is 24.7 Å². The van der Waals surface area contributed by atoms with Crippen LogP contribution in [0.15, 0.2) is 97.1 Å². The number of carbonyl (C=O) groups excluding carboxylic acids is 2. The number of terminal acetylenes is 2. The molecule has 4 aromatic carbocycles. The fourth-order valence-corrected chi connectivity index (χ4v) is 8.47. The number of benzene rings is 4. The van der Waals surface area contributed by atoms with Crippen molar-refractivity contribution in [2.24, 2.45) is 0 Å². The van der Waals surface area contributed by atoms with Crippen molar-refractivity contribution in [2.75, 3.05) is 92.6 Å². The van der Waals surface area contributed by atoms with Gasteiger partial charge in [-0.05, 0) is 71.5 Å². The van der Waals surface area contributed by atoms with Crippen LogP contribution in [-0.2, 0) is 47.1 Å². The lowest BCUT2D eigenvalue weighted by molar-refractivity contribution is -0.144. The van der Waals surface area contributed by atoms with Gasteiger partial charge in [-0.2, -0.15) is 52.7 Å². The van der Waals surface area contributed by atoms with Gasteiger partial charge in [-0.3, -0.25) is 29.2 Å². The predicted molar refractivity (Wildman–Crippen MR) is 248 cm³/mol. The van der Waals surface area contributed by atoms with Crippen molar-refractivity contribution < 1.29 is 62.3 Å². The molecule has 0 radical (unpaired) electrons. The SMILES string of the molecule is C#CCN1CCN(C(C(=O)N(C)CCc2cc(C(F)(F)F)cc(C(F)(F)F)c2)c2ccccc2)CC1.C#CCN1CCN(C(C(=O)N(C)CCc2cc(C(F)(F)F)cc(C(F)(F)F)c2)c2ccccc2)CC1. The lowest BCUT2D eigenvalue weighted by Crippen LogP contribution is -2.51. The monoisotopic (exact) mass is 1020 g/mol. The highest BCUT2D eigenvalue weighted by molar-refractivity contribution is 5.84. The number of halogens is 12. The molecule has 2 heterocycles. The summed E-state index contributed by atoms with van der Waals surface area (Å²) >= 11 is 0. The van der Waals surface area contributed by atoms with E-state index in [-0.39, 0.29) is 61.0 Å². The van der Waals surface area contributed by atoms with Crippen molar-refractivity contribution in [3.05, 3.63) is 142 Å². The summed E-state index contributed by atoms with van der Waals surface area (Å²) in [7, 11) is 3.01. The Hall–Kier alpha value is -6.06. The highest BCUT2D eigenvalue weighted by Gasteiger charge is 2.39. The molecule has 0 spiro atoms. The number of hydrogen-bond donors (Lipinski definition) is 0. The van der Waals surface area contributed by atoms with E-state index in [9.17, 15) is 62.3 Å². The molecule has 0 saturated carbocycles. The molecule has 8 nitrogen and oxygen atoms in total. The fraction of sp³-hybridized carbons (Fsp3) is 0.423. The van der Waals surface area contributed by atoms with Gasteiger partial charge in [-0.25, -0.2) is 0 Å². The summed E-state index contributed by atoms with van der Waals surface area (Å²) in [5.41, 5.74) is -4.23. The molecule has 0 N–H and O–H groups in total. The predicted octanol–water partition coefficient (Wildman–Crippen LogP) is 9.43. The lowest BCUT2D eigenvalue weighted by atomic mass is 10.0. The second-order valence-electron chi connectivity index (χ2n) is 17.5. The molecule has 4 aromatic rings. The first kappa shape index (κ1) is 56.8. The third kappa shape index (κ3) is 16.0. The number of rotatable bonds is 14. The van der Waals surface area contributed by atoms with Crippen LogP contribution in [-0.4, -0.2) is 134 Å². The lowest BCUT2D eigenvalue weighted by Gasteiger charge is -2.39. The Kier molecular flexibility index (Phi) is 19.4. The normalized spacial score (nSPS) is 16.4. The van der Waals surface area contributed by atoms with E-state index in [2.05, 4.69) is 21.6 Å². The summed E-state index contributed by atoms with van der Waals surface area (Å²) in [5, 5.41) is 0. The van der Waals surface area contributed by atoms with E-state index in [1.54, 1.807) is 0 Å². The molecule has 6 rings (SSSR count). The number of amides is 2. The van der Waals surface area contributed by atoms with E-state index >= 15 is 0 Å². The molecule has 72 heavy (non-hydrogen) atoms. The first-order valence-corrected chi connectivity index (χ1v) is 22.8. The average molecular weight is 1020 g/mol. The number of hydrogen-bond acceptors (Lipinski definition) is 6. The van der Waals surface area contributed by atoms with Gasteiger partial charge in [0, 0.05) is 79.5 Å². The Labute approximate surface area is 411 Å². The molecule has 0 aromatic heterocycles. The molecule has 0 bridgehead atoms. The molecular weight excluding hydrogens is 969 g/mol. The van der Waals surface area contributed by atoms with Crippen LogP contribution < -0.4 is 0 Å². The van der Waals surface area contributed by atoms with Crippen LogP contribution in [0.25, 0.3) is 0 Å². The Morgan fingerprint density at radius 1 is 0.486 bits per heavy atom. The van der Waals surface area contributed by atoms with Crippen molar-refractivity contribution >= 4 is 11.8 Å². The second kappa shape index (κ2) is 24.6. The smallest absolute Gasteiger partial charge is 0.344 e. The molecule has 2 unspecified atom stereocenters. The van der Waals surface area contributed by atoms with Crippen LogP contribution >= 0.6 is 0 Å². The molecule has 2 aliphatic heterocycles. The first-order chi connectivity index (χ1) is 33.8. The van der Waals surface area contributed by atoms with Crippen molar-refractivity contribution in [3.8, 4) is 24.7 Å². The second-order valence-corrected chi connectivity index (χ2v) is 17.5. The summed E-state index contributed by atoms with van der Waals surface area (Å²) in [6.45, 7) is 5.98. The third-order valence-corrected chi connectivity index (χ3v) is 12.4. The Morgan fingerprint density at radius 2 is 0.764 bits per heavy atom. The Morgan fingerprint density at radius 3 is 1.01 bits per heavy atom. The van der Waals surface area contributed by atoms with Crippen molar-refractivity contribution in [2.45, 2.75) is 49.6 Å². The van der Waals surface area contributed by atoms with Gasteiger partial charge in [-0.15, -0.1) is 12.8 Å². The van der Waals surface area contributed by atoms with Crippen LogP contribution in [0.2, 0.25) is 0 Å². The molecule has 2 amide bonds. The summed E-state index contributed by atoms with van der Waals surface area (Å²) < 4.78 is 158. The zero-order valence-electron chi connectivity index (χ0n) is 39.5. The number of nitrogens with zero attached hydrogens (tertiary/aromatic N) is 6. The van der Waals surface area contributed by atoms with Crippen LogP contribution in [0.4, 0.5) is 52.7 Å². The topological polar surface area (TPSA) is 53.6 Å². The fourth-order valence-electron chi connectivity index (χ4n) is 8.47. The maximum atomic E-state index is 13.5. The van der Waals surface area contributed by atoms with E-state index in [1.807, 2.05) is 70.5 Å². The van der Waals surface area contributed by atoms with E-state index in [4.69, 9.17) is 12.8 Å². The van der Waals surface area contributed by atoms with Crippen molar-refractivity contribution in [3.63, 3.8) is 0 Å². The van der Waals surface area contributed by atoms with Gasteiger partial charge in [-0.1, -0.05) is 72.5 Å². The highest BCUT2D eigenvalue weighted by atomic mass is 19.4. The quantitative estimate of drug-likeness (QED) is 0.0928. The minimum atomic E-state index is -4.92. The molecule has 0 aliphatic carbocycles. The Balaban J connectivity index is 0.000000267. The van der Waals surface area contributed by atoms with Gasteiger partial charge in [0.2, 0.25) is 11.8 Å². The van der Waals surface area contributed by atoms with E-state index in [0.29, 0.717) is 89.7 Å². The molecule has 388 valence electrons. The Bertz CT molecular complexity index is 2250. The van der Waals surface area contributed by atoms with Gasteiger partial charge < -0.3 is 9.80 Å². The average Bonchev–Trinajstić information content (AvgIpc) is 3.33. The number of likely N-dealkylation sites (N-methyl/N-ethyl adjacent to an activating group) is 2. The van der Waals surface area contributed by atoms with E-state index in [1.165, 1.54) is 23.9 Å². The van der Waals surface area contributed by atoms with E-state index < -0.39 is 59.0 Å². The summed E-state index contributed by atoms with van der Waals surface area (Å²) in [6, 6.07) is 19.9.